The summed E-state index contributed by atoms with van der Waals surface area (Å²) in [5.74, 6) is 0.361. The lowest BCUT2D eigenvalue weighted by atomic mass is 9.98. The minimum atomic E-state index is -1.28. The monoisotopic (exact) mass is 206 g/mol. The lowest BCUT2D eigenvalue weighted by Crippen LogP contribution is -1.93. The van der Waals surface area contributed by atoms with Crippen molar-refractivity contribution in [3.05, 3.63) is 48.2 Å². The van der Waals surface area contributed by atoms with Crippen LogP contribution in [-0.4, -0.2) is 11.3 Å². The molecule has 0 bridgehead atoms. The van der Waals surface area contributed by atoms with Gasteiger partial charge in [-0.25, -0.2) is 4.79 Å². The van der Waals surface area contributed by atoms with Gasteiger partial charge in [-0.3, -0.25) is 0 Å². The third-order valence-corrected chi connectivity index (χ3v) is 2.12. The van der Waals surface area contributed by atoms with Gasteiger partial charge < -0.3 is 9.84 Å². The van der Waals surface area contributed by atoms with Gasteiger partial charge in [0.1, 0.15) is 0 Å². The molecule has 0 fully saturated rings. The highest BCUT2D eigenvalue weighted by Crippen LogP contribution is 2.18. The van der Waals surface area contributed by atoms with Gasteiger partial charge in [-0.2, -0.15) is 0 Å². The van der Waals surface area contributed by atoms with E-state index in [1.807, 2.05) is 18.2 Å². The second kappa shape index (κ2) is 5.86. The largest absolute Gasteiger partial charge is 0.510 e. The van der Waals surface area contributed by atoms with E-state index >= 15 is 0 Å². The standard InChI is InChI=1S/C12H14O3/c1-10(6-5-9-15-12(13)14)11-7-3-2-4-8-11/h2-5,7-10H,6H2,1H3,(H,13,14). The van der Waals surface area contributed by atoms with Gasteiger partial charge in [0.2, 0.25) is 0 Å². The first kappa shape index (κ1) is 11.3. The second-order valence-electron chi connectivity index (χ2n) is 3.30. The van der Waals surface area contributed by atoms with Gasteiger partial charge in [-0.15, -0.1) is 0 Å². The van der Waals surface area contributed by atoms with E-state index in [1.54, 1.807) is 6.08 Å². The molecule has 3 heteroatoms. The minimum absolute atomic E-state index is 0.361. The predicted octanol–water partition coefficient (Wildman–Crippen LogP) is 3.39. The fourth-order valence-electron chi connectivity index (χ4n) is 1.28. The molecule has 80 valence electrons. The molecule has 15 heavy (non-hydrogen) atoms. The maximum atomic E-state index is 10.0. The summed E-state index contributed by atoms with van der Waals surface area (Å²) >= 11 is 0. The number of carboxylic acid groups (broad SMARTS) is 1. The van der Waals surface area contributed by atoms with Crippen molar-refractivity contribution in [2.45, 2.75) is 19.3 Å². The van der Waals surface area contributed by atoms with Crippen molar-refractivity contribution in [3.63, 3.8) is 0 Å². The molecule has 1 aromatic carbocycles. The van der Waals surface area contributed by atoms with E-state index in [2.05, 4.69) is 23.8 Å². The number of hydrogen-bond acceptors (Lipinski definition) is 2. The van der Waals surface area contributed by atoms with Crippen LogP contribution in [0.1, 0.15) is 24.8 Å². The molecule has 0 saturated heterocycles. The molecule has 0 spiro atoms. The van der Waals surface area contributed by atoms with E-state index < -0.39 is 6.16 Å². The fourth-order valence-corrected chi connectivity index (χ4v) is 1.28. The van der Waals surface area contributed by atoms with Crippen LogP contribution in [0.2, 0.25) is 0 Å². The van der Waals surface area contributed by atoms with E-state index in [0.29, 0.717) is 5.92 Å². The fraction of sp³-hybridized carbons (Fsp3) is 0.250. The molecule has 0 aromatic heterocycles. The Balaban J connectivity index is 2.40. The van der Waals surface area contributed by atoms with E-state index in [-0.39, 0.29) is 0 Å². The molecule has 1 N–H and O–H groups in total. The highest BCUT2D eigenvalue weighted by molar-refractivity contribution is 5.57. The number of rotatable bonds is 4. The average molecular weight is 206 g/mol. The van der Waals surface area contributed by atoms with Crippen LogP contribution in [0.4, 0.5) is 4.79 Å². The minimum Gasteiger partial charge on any atom is -0.449 e. The number of allylic oxidation sites excluding steroid dienone is 1. The molecule has 1 atom stereocenters. The molecule has 0 heterocycles. The molecule has 0 aliphatic carbocycles. The maximum absolute atomic E-state index is 10.0. The molecule has 1 rings (SSSR count). The third kappa shape index (κ3) is 4.31. The Morgan fingerprint density at radius 2 is 2.13 bits per heavy atom. The Labute approximate surface area is 89.0 Å². The molecule has 3 nitrogen and oxygen atoms in total. The van der Waals surface area contributed by atoms with Crippen molar-refractivity contribution in [1.29, 1.82) is 0 Å². The van der Waals surface area contributed by atoms with E-state index in [4.69, 9.17) is 5.11 Å². The van der Waals surface area contributed by atoms with E-state index in [9.17, 15) is 4.79 Å². The summed E-state index contributed by atoms with van der Waals surface area (Å²) in [7, 11) is 0. The molecule has 0 amide bonds. The molecule has 0 radical (unpaired) electrons. The van der Waals surface area contributed by atoms with Gasteiger partial charge >= 0.3 is 6.16 Å². The Bertz CT molecular complexity index is 330. The first-order valence-corrected chi connectivity index (χ1v) is 4.79. The molecular formula is C12H14O3. The van der Waals surface area contributed by atoms with Gasteiger partial charge in [0.05, 0.1) is 6.26 Å². The number of ether oxygens (including phenoxy) is 1. The zero-order valence-electron chi connectivity index (χ0n) is 8.59. The zero-order valence-corrected chi connectivity index (χ0v) is 8.59. The summed E-state index contributed by atoms with van der Waals surface area (Å²) in [4.78, 5) is 10.0. The van der Waals surface area contributed by atoms with Crippen molar-refractivity contribution in [3.8, 4) is 0 Å². The Kier molecular flexibility index (Phi) is 4.41. The van der Waals surface area contributed by atoms with Gasteiger partial charge in [0, 0.05) is 0 Å². The van der Waals surface area contributed by atoms with Crippen molar-refractivity contribution < 1.29 is 14.6 Å². The molecule has 0 saturated carbocycles. The summed E-state index contributed by atoms with van der Waals surface area (Å²) in [6.07, 6.45) is 2.41. The van der Waals surface area contributed by atoms with Gasteiger partial charge in [-0.1, -0.05) is 37.3 Å². The highest BCUT2D eigenvalue weighted by Gasteiger charge is 2.01. The van der Waals surface area contributed by atoms with Crippen LogP contribution in [0.3, 0.4) is 0 Å². The Hall–Kier alpha value is -1.77. The quantitative estimate of drug-likeness (QED) is 0.606. The maximum Gasteiger partial charge on any atom is 0.510 e. The lowest BCUT2D eigenvalue weighted by Gasteiger charge is -2.07. The highest BCUT2D eigenvalue weighted by atomic mass is 16.7. The SMILES string of the molecule is CC(CC=COC(=O)O)c1ccccc1. The van der Waals surface area contributed by atoms with Crippen LogP contribution in [-0.2, 0) is 4.74 Å². The van der Waals surface area contributed by atoms with Crippen LogP contribution < -0.4 is 0 Å². The van der Waals surface area contributed by atoms with Crippen LogP contribution in [0.15, 0.2) is 42.7 Å². The van der Waals surface area contributed by atoms with Gasteiger partial charge in [-0.05, 0) is 24.0 Å². The van der Waals surface area contributed by atoms with E-state index in [1.165, 1.54) is 11.8 Å². The lowest BCUT2D eigenvalue weighted by molar-refractivity contribution is 0.128. The molecule has 1 aromatic rings. The Morgan fingerprint density at radius 1 is 1.47 bits per heavy atom. The first-order valence-electron chi connectivity index (χ1n) is 4.79. The van der Waals surface area contributed by atoms with Crippen molar-refractivity contribution >= 4 is 6.16 Å². The van der Waals surface area contributed by atoms with Crippen molar-refractivity contribution in [2.75, 3.05) is 0 Å². The zero-order chi connectivity index (χ0) is 11.1. The van der Waals surface area contributed by atoms with Gasteiger partial charge in [0.15, 0.2) is 0 Å². The van der Waals surface area contributed by atoms with Crippen molar-refractivity contribution in [2.24, 2.45) is 0 Å². The second-order valence-corrected chi connectivity index (χ2v) is 3.30. The number of benzene rings is 1. The van der Waals surface area contributed by atoms with Crippen LogP contribution in [0, 0.1) is 0 Å². The smallest absolute Gasteiger partial charge is 0.449 e. The number of hydrogen-bond donors (Lipinski definition) is 1. The average Bonchev–Trinajstić information content (AvgIpc) is 2.25. The third-order valence-electron chi connectivity index (χ3n) is 2.12. The summed E-state index contributed by atoms with van der Waals surface area (Å²) in [5.41, 5.74) is 1.23. The molecule has 0 aliphatic heterocycles. The van der Waals surface area contributed by atoms with Crippen molar-refractivity contribution in [1.82, 2.24) is 0 Å². The number of carbonyl (C=O) groups is 1. The molecule has 1 unspecified atom stereocenters. The molecular weight excluding hydrogens is 192 g/mol. The predicted molar refractivity (Wildman–Crippen MR) is 57.7 cm³/mol. The summed E-state index contributed by atoms with van der Waals surface area (Å²) < 4.78 is 4.26. The van der Waals surface area contributed by atoms with E-state index in [0.717, 1.165) is 6.42 Å². The first-order chi connectivity index (χ1) is 7.20. The van der Waals surface area contributed by atoms with Gasteiger partial charge in [0.25, 0.3) is 0 Å². The van der Waals surface area contributed by atoms with Crippen LogP contribution in [0.5, 0.6) is 0 Å². The summed E-state index contributed by atoms with van der Waals surface area (Å²) in [5, 5.41) is 8.22. The summed E-state index contributed by atoms with van der Waals surface area (Å²) in [6.45, 7) is 2.08. The molecule has 0 aliphatic rings. The van der Waals surface area contributed by atoms with Crippen LogP contribution >= 0.6 is 0 Å². The normalized spacial score (nSPS) is 12.6. The Morgan fingerprint density at radius 3 is 2.73 bits per heavy atom. The topological polar surface area (TPSA) is 46.5 Å². The van der Waals surface area contributed by atoms with Crippen LogP contribution in [0.25, 0.3) is 0 Å². The summed E-state index contributed by atoms with van der Waals surface area (Å²) in [6, 6.07) is 10.1.